The van der Waals surface area contributed by atoms with Crippen LogP contribution in [-0.4, -0.2) is 54.6 Å². The zero-order valence-corrected chi connectivity index (χ0v) is 11.2. The third kappa shape index (κ3) is 8.95. The number of rotatable bonds is 8. The lowest BCUT2D eigenvalue weighted by Gasteiger charge is -2.27. The molecule has 5 heteroatoms. The number of halogens is 1. The minimum Gasteiger partial charge on any atom is -0.387 e. The van der Waals surface area contributed by atoms with E-state index in [2.05, 4.69) is 5.32 Å². The summed E-state index contributed by atoms with van der Waals surface area (Å²) in [5.74, 6) is 0.565. The van der Waals surface area contributed by atoms with Crippen molar-refractivity contribution in [1.82, 2.24) is 10.2 Å². The van der Waals surface area contributed by atoms with Gasteiger partial charge in [0.15, 0.2) is 0 Å². The minimum atomic E-state index is -0.883. The van der Waals surface area contributed by atoms with Crippen LogP contribution in [0.25, 0.3) is 0 Å². The van der Waals surface area contributed by atoms with Crippen LogP contribution in [0.3, 0.4) is 0 Å². The highest BCUT2D eigenvalue weighted by Crippen LogP contribution is 2.03. The van der Waals surface area contributed by atoms with E-state index >= 15 is 0 Å². The maximum atomic E-state index is 11.4. The second kappa shape index (κ2) is 7.87. The Morgan fingerprint density at radius 2 is 2.06 bits per heavy atom. The molecule has 0 aromatic rings. The van der Waals surface area contributed by atoms with Gasteiger partial charge in [-0.2, -0.15) is 0 Å². The molecule has 0 aromatic heterocycles. The van der Waals surface area contributed by atoms with E-state index in [0.717, 1.165) is 12.8 Å². The second-order valence-electron chi connectivity index (χ2n) is 4.66. The van der Waals surface area contributed by atoms with Crippen molar-refractivity contribution in [3.63, 3.8) is 0 Å². The third-order valence-corrected chi connectivity index (χ3v) is 2.38. The highest BCUT2D eigenvalue weighted by atomic mass is 35.5. The predicted octanol–water partition coefficient (Wildman–Crippen LogP) is 0.824. The Bertz CT molecular complexity index is 208. The summed E-state index contributed by atoms with van der Waals surface area (Å²) in [5, 5.41) is 12.7. The number of amides is 1. The van der Waals surface area contributed by atoms with Crippen LogP contribution in [0.2, 0.25) is 0 Å². The van der Waals surface area contributed by atoms with Crippen LogP contribution >= 0.6 is 11.6 Å². The van der Waals surface area contributed by atoms with Crippen molar-refractivity contribution in [2.75, 3.05) is 33.1 Å². The van der Waals surface area contributed by atoms with Crippen LogP contribution in [0.4, 0.5) is 0 Å². The van der Waals surface area contributed by atoms with Crippen LogP contribution < -0.4 is 5.32 Å². The molecule has 0 spiro atoms. The molecule has 1 atom stereocenters. The van der Waals surface area contributed by atoms with Crippen molar-refractivity contribution >= 4 is 17.5 Å². The number of unbranched alkanes of at least 4 members (excludes halogenated alkanes) is 1. The summed E-state index contributed by atoms with van der Waals surface area (Å²) in [6.45, 7) is 2.52. The molecule has 0 rings (SSSR count). The van der Waals surface area contributed by atoms with E-state index in [1.807, 2.05) is 19.0 Å². The first-order valence-corrected chi connectivity index (χ1v) is 6.10. The maximum absolute atomic E-state index is 11.4. The van der Waals surface area contributed by atoms with Gasteiger partial charge in [-0.3, -0.25) is 4.79 Å². The summed E-state index contributed by atoms with van der Waals surface area (Å²) in [7, 11) is 3.77. The van der Waals surface area contributed by atoms with Crippen molar-refractivity contribution < 1.29 is 9.90 Å². The van der Waals surface area contributed by atoms with Crippen LogP contribution in [0.1, 0.15) is 26.2 Å². The smallest absolute Gasteiger partial charge is 0.220 e. The normalized spacial score (nSPS) is 14.9. The molecule has 16 heavy (non-hydrogen) atoms. The minimum absolute atomic E-state index is 0.0239. The van der Waals surface area contributed by atoms with E-state index in [-0.39, 0.29) is 12.5 Å². The van der Waals surface area contributed by atoms with Gasteiger partial charge in [0.05, 0.1) is 5.60 Å². The van der Waals surface area contributed by atoms with Gasteiger partial charge < -0.3 is 15.3 Å². The summed E-state index contributed by atoms with van der Waals surface area (Å²) >= 11 is 5.51. The molecule has 0 heterocycles. The van der Waals surface area contributed by atoms with E-state index in [0.29, 0.717) is 18.8 Å². The first kappa shape index (κ1) is 15.7. The molecule has 0 aliphatic heterocycles. The van der Waals surface area contributed by atoms with E-state index < -0.39 is 5.60 Å². The first-order valence-electron chi connectivity index (χ1n) is 5.57. The SMILES string of the molecule is CN(C)CC(C)(O)CNC(=O)CCCCCl. The maximum Gasteiger partial charge on any atom is 0.220 e. The molecule has 2 N–H and O–H groups in total. The number of hydrogen-bond acceptors (Lipinski definition) is 3. The molecule has 4 nitrogen and oxygen atoms in total. The van der Waals surface area contributed by atoms with Gasteiger partial charge in [0.2, 0.25) is 5.91 Å². The topological polar surface area (TPSA) is 52.6 Å². The van der Waals surface area contributed by atoms with Crippen molar-refractivity contribution in [2.45, 2.75) is 31.8 Å². The van der Waals surface area contributed by atoms with Gasteiger partial charge in [0.25, 0.3) is 0 Å². The number of nitrogens with one attached hydrogen (secondary N) is 1. The Morgan fingerprint density at radius 1 is 1.44 bits per heavy atom. The number of carbonyl (C=O) groups excluding carboxylic acids is 1. The van der Waals surface area contributed by atoms with E-state index in [9.17, 15) is 9.90 Å². The number of hydrogen-bond donors (Lipinski definition) is 2. The highest BCUT2D eigenvalue weighted by molar-refractivity contribution is 6.17. The highest BCUT2D eigenvalue weighted by Gasteiger charge is 2.21. The van der Waals surface area contributed by atoms with Crippen molar-refractivity contribution in [3.8, 4) is 0 Å². The van der Waals surface area contributed by atoms with Crippen molar-refractivity contribution in [2.24, 2.45) is 0 Å². The summed E-state index contributed by atoms with van der Waals surface area (Å²) < 4.78 is 0. The van der Waals surface area contributed by atoms with Gasteiger partial charge in [0.1, 0.15) is 0 Å². The zero-order chi connectivity index (χ0) is 12.6. The average Bonchev–Trinajstić information content (AvgIpc) is 2.13. The fourth-order valence-electron chi connectivity index (χ4n) is 1.49. The number of aliphatic hydroxyl groups is 1. The van der Waals surface area contributed by atoms with Gasteiger partial charge in [-0.1, -0.05) is 0 Å². The largest absolute Gasteiger partial charge is 0.387 e. The van der Waals surface area contributed by atoms with Gasteiger partial charge in [-0.25, -0.2) is 0 Å². The standard InChI is InChI=1S/C11H23ClN2O2/c1-11(16,9-14(2)3)8-13-10(15)6-4-5-7-12/h16H,4-9H2,1-3H3,(H,13,15). The number of nitrogens with zero attached hydrogens (tertiary/aromatic N) is 1. The summed E-state index contributed by atoms with van der Waals surface area (Å²) in [5.41, 5.74) is -0.883. The second-order valence-corrected chi connectivity index (χ2v) is 5.04. The fraction of sp³-hybridized carbons (Fsp3) is 0.909. The van der Waals surface area contributed by atoms with Gasteiger partial charge >= 0.3 is 0 Å². The molecular weight excluding hydrogens is 228 g/mol. The third-order valence-electron chi connectivity index (χ3n) is 2.11. The summed E-state index contributed by atoms with van der Waals surface area (Å²) in [6, 6.07) is 0. The molecule has 1 amide bonds. The molecule has 96 valence electrons. The molecular formula is C11H23ClN2O2. The van der Waals surface area contributed by atoms with Gasteiger partial charge in [-0.15, -0.1) is 11.6 Å². The summed E-state index contributed by atoms with van der Waals surface area (Å²) in [6.07, 6.45) is 2.12. The first-order chi connectivity index (χ1) is 7.37. The molecule has 1 unspecified atom stereocenters. The Balaban J connectivity index is 3.72. The molecule has 0 aliphatic carbocycles. The quantitative estimate of drug-likeness (QED) is 0.496. The lowest BCUT2D eigenvalue weighted by molar-refractivity contribution is -0.122. The van der Waals surface area contributed by atoms with Crippen LogP contribution in [-0.2, 0) is 4.79 Å². The average molecular weight is 251 g/mol. The van der Waals surface area contributed by atoms with E-state index in [1.54, 1.807) is 6.92 Å². The Hall–Kier alpha value is -0.320. The summed E-state index contributed by atoms with van der Waals surface area (Å²) in [4.78, 5) is 13.3. The monoisotopic (exact) mass is 250 g/mol. The fourth-order valence-corrected chi connectivity index (χ4v) is 1.68. The van der Waals surface area contributed by atoms with Crippen molar-refractivity contribution in [3.05, 3.63) is 0 Å². The zero-order valence-electron chi connectivity index (χ0n) is 10.4. The number of carbonyl (C=O) groups is 1. The Labute approximate surface area is 103 Å². The lowest BCUT2D eigenvalue weighted by Crippen LogP contribution is -2.47. The molecule has 0 radical (unpaired) electrons. The lowest BCUT2D eigenvalue weighted by atomic mass is 10.1. The Morgan fingerprint density at radius 3 is 2.56 bits per heavy atom. The Kier molecular flexibility index (Phi) is 7.72. The molecule has 0 saturated carbocycles. The molecule has 0 aromatic carbocycles. The van der Waals surface area contributed by atoms with Crippen LogP contribution in [0.5, 0.6) is 0 Å². The number of likely N-dealkylation sites (N-methyl/N-ethyl adjacent to an activating group) is 1. The van der Waals surface area contributed by atoms with Crippen LogP contribution in [0, 0.1) is 0 Å². The van der Waals surface area contributed by atoms with E-state index in [4.69, 9.17) is 11.6 Å². The molecule has 0 bridgehead atoms. The predicted molar refractivity (Wildman–Crippen MR) is 66.8 cm³/mol. The van der Waals surface area contributed by atoms with Gasteiger partial charge in [0, 0.05) is 25.4 Å². The molecule has 0 fully saturated rings. The molecule has 0 saturated heterocycles. The molecule has 0 aliphatic rings. The van der Waals surface area contributed by atoms with Crippen molar-refractivity contribution in [1.29, 1.82) is 0 Å². The number of alkyl halides is 1. The van der Waals surface area contributed by atoms with Crippen LogP contribution in [0.15, 0.2) is 0 Å². The van der Waals surface area contributed by atoms with E-state index in [1.165, 1.54) is 0 Å². The van der Waals surface area contributed by atoms with Gasteiger partial charge in [-0.05, 0) is 33.9 Å².